The highest BCUT2D eigenvalue weighted by Gasteiger charge is 2.05. The van der Waals surface area contributed by atoms with Crippen molar-refractivity contribution in [3.8, 4) is 5.88 Å². The number of nitrogens with one attached hydrogen (secondary N) is 1. The van der Waals surface area contributed by atoms with E-state index in [0.29, 0.717) is 25.0 Å². The molecule has 2 heterocycles. The van der Waals surface area contributed by atoms with Crippen LogP contribution in [0, 0.1) is 6.92 Å². The average Bonchev–Trinajstić information content (AvgIpc) is 2.72. The summed E-state index contributed by atoms with van der Waals surface area (Å²) in [5.74, 6) is 1.21. The Kier molecular flexibility index (Phi) is 4.54. The smallest absolute Gasteiger partial charge is 0.226 e. The molecule has 0 atom stereocenters. The number of hydrogen-bond donors (Lipinski definition) is 1. The van der Waals surface area contributed by atoms with Crippen molar-refractivity contribution in [3.63, 3.8) is 0 Å². The second kappa shape index (κ2) is 6.15. The fraction of sp³-hybridized carbons (Fsp3) is 0.333. The summed E-state index contributed by atoms with van der Waals surface area (Å²) >= 11 is 5.19. The van der Waals surface area contributed by atoms with Crippen LogP contribution in [-0.2, 0) is 6.54 Å². The highest BCUT2D eigenvalue weighted by Crippen LogP contribution is 2.23. The topological polar surface area (TPSA) is 47.0 Å². The normalized spacial score (nSPS) is 10.4. The first-order valence-electron chi connectivity index (χ1n) is 5.63. The maximum absolute atomic E-state index is 5.39. The molecule has 0 aliphatic rings. The summed E-state index contributed by atoms with van der Waals surface area (Å²) in [6, 6.07) is 3.86. The summed E-state index contributed by atoms with van der Waals surface area (Å²) in [6.07, 6.45) is 0. The predicted octanol–water partition coefficient (Wildman–Crippen LogP) is 3.62. The van der Waals surface area contributed by atoms with Crippen LogP contribution in [0.1, 0.15) is 17.5 Å². The van der Waals surface area contributed by atoms with Crippen LogP contribution in [0.4, 0.5) is 5.95 Å². The van der Waals surface area contributed by atoms with Crippen molar-refractivity contribution in [2.45, 2.75) is 20.4 Å². The van der Waals surface area contributed by atoms with Crippen molar-refractivity contribution < 1.29 is 4.74 Å². The molecule has 0 saturated carbocycles. The number of aryl methyl sites for hydroxylation is 1. The quantitative estimate of drug-likeness (QED) is 0.911. The number of halogens is 1. The van der Waals surface area contributed by atoms with Crippen molar-refractivity contribution in [2.75, 3.05) is 11.9 Å². The molecule has 4 nitrogen and oxygen atoms in total. The van der Waals surface area contributed by atoms with Crippen LogP contribution >= 0.6 is 27.3 Å². The predicted molar refractivity (Wildman–Crippen MR) is 77.3 cm³/mol. The van der Waals surface area contributed by atoms with Crippen LogP contribution in [-0.4, -0.2) is 16.6 Å². The first-order chi connectivity index (χ1) is 8.69. The second-order valence-corrected chi connectivity index (χ2v) is 5.50. The number of rotatable bonds is 5. The van der Waals surface area contributed by atoms with Gasteiger partial charge in [-0.25, -0.2) is 4.98 Å². The minimum atomic E-state index is 0.596. The minimum absolute atomic E-state index is 0.596. The van der Waals surface area contributed by atoms with Crippen LogP contribution in [0.3, 0.4) is 0 Å². The van der Waals surface area contributed by atoms with E-state index in [1.807, 2.05) is 31.4 Å². The number of aromatic nitrogens is 2. The van der Waals surface area contributed by atoms with Gasteiger partial charge in [-0.05, 0) is 41.2 Å². The van der Waals surface area contributed by atoms with Gasteiger partial charge in [-0.15, -0.1) is 11.3 Å². The molecule has 18 heavy (non-hydrogen) atoms. The molecule has 0 amide bonds. The maximum atomic E-state index is 5.39. The van der Waals surface area contributed by atoms with Crippen LogP contribution in [0.25, 0.3) is 0 Å². The largest absolute Gasteiger partial charge is 0.478 e. The fourth-order valence-corrected chi connectivity index (χ4v) is 2.88. The zero-order valence-electron chi connectivity index (χ0n) is 10.2. The molecule has 2 aromatic heterocycles. The van der Waals surface area contributed by atoms with Gasteiger partial charge in [0.25, 0.3) is 0 Å². The average molecular weight is 328 g/mol. The number of nitrogens with zero attached hydrogens (tertiary/aromatic N) is 2. The highest BCUT2D eigenvalue weighted by atomic mass is 79.9. The Hall–Kier alpha value is -1.14. The van der Waals surface area contributed by atoms with Crippen LogP contribution < -0.4 is 10.1 Å². The first kappa shape index (κ1) is 13.3. The molecule has 0 aliphatic carbocycles. The summed E-state index contributed by atoms with van der Waals surface area (Å²) in [6.45, 7) is 5.17. The summed E-state index contributed by atoms with van der Waals surface area (Å²) < 4.78 is 6.50. The molecule has 0 bridgehead atoms. The lowest BCUT2D eigenvalue weighted by Gasteiger charge is -2.07. The van der Waals surface area contributed by atoms with E-state index in [4.69, 9.17) is 4.74 Å². The van der Waals surface area contributed by atoms with E-state index in [2.05, 4.69) is 31.2 Å². The van der Waals surface area contributed by atoms with E-state index in [0.717, 1.165) is 10.2 Å². The molecular weight excluding hydrogens is 314 g/mol. The molecule has 0 fully saturated rings. The van der Waals surface area contributed by atoms with Gasteiger partial charge in [-0.3, -0.25) is 0 Å². The van der Waals surface area contributed by atoms with Crippen molar-refractivity contribution in [1.29, 1.82) is 0 Å². The number of thiophene rings is 1. The number of hydrogen-bond acceptors (Lipinski definition) is 5. The van der Waals surface area contributed by atoms with Crippen molar-refractivity contribution in [2.24, 2.45) is 0 Å². The van der Waals surface area contributed by atoms with Crippen LogP contribution in [0.5, 0.6) is 5.88 Å². The molecule has 2 aromatic rings. The minimum Gasteiger partial charge on any atom is -0.478 e. The molecule has 96 valence electrons. The van der Waals surface area contributed by atoms with Crippen LogP contribution in [0.2, 0.25) is 0 Å². The molecule has 0 aromatic carbocycles. The Labute approximate surface area is 119 Å². The van der Waals surface area contributed by atoms with E-state index in [-0.39, 0.29) is 0 Å². The van der Waals surface area contributed by atoms with Gasteiger partial charge in [0, 0.05) is 21.1 Å². The Bertz CT molecular complexity index is 530. The van der Waals surface area contributed by atoms with E-state index < -0.39 is 0 Å². The van der Waals surface area contributed by atoms with E-state index >= 15 is 0 Å². The van der Waals surface area contributed by atoms with Gasteiger partial charge in [0.2, 0.25) is 11.8 Å². The molecule has 6 heteroatoms. The highest BCUT2D eigenvalue weighted by molar-refractivity contribution is 9.10. The van der Waals surface area contributed by atoms with E-state index in [1.165, 1.54) is 4.88 Å². The molecule has 0 saturated heterocycles. The third-order valence-corrected chi connectivity index (χ3v) is 4.15. The molecular formula is C12H14BrN3OS. The molecule has 0 spiro atoms. The molecule has 0 unspecified atom stereocenters. The SMILES string of the molecule is CCOc1cc(C)nc(NCc2sccc2Br)n1. The zero-order chi connectivity index (χ0) is 13.0. The lowest BCUT2D eigenvalue weighted by atomic mass is 10.4. The monoisotopic (exact) mass is 327 g/mol. The summed E-state index contributed by atoms with van der Waals surface area (Å²) in [5, 5.41) is 5.25. The van der Waals surface area contributed by atoms with Gasteiger partial charge in [0.05, 0.1) is 13.2 Å². The molecule has 2 rings (SSSR count). The van der Waals surface area contributed by atoms with Crippen molar-refractivity contribution in [3.05, 3.63) is 32.6 Å². The van der Waals surface area contributed by atoms with Gasteiger partial charge in [0.15, 0.2) is 0 Å². The molecule has 0 radical (unpaired) electrons. The van der Waals surface area contributed by atoms with Gasteiger partial charge in [0.1, 0.15) is 0 Å². The third-order valence-electron chi connectivity index (χ3n) is 2.22. The zero-order valence-corrected chi connectivity index (χ0v) is 12.6. The fourth-order valence-electron chi connectivity index (χ4n) is 1.45. The van der Waals surface area contributed by atoms with E-state index in [9.17, 15) is 0 Å². The lowest BCUT2D eigenvalue weighted by molar-refractivity contribution is 0.326. The summed E-state index contributed by atoms with van der Waals surface area (Å²) in [5.41, 5.74) is 0.890. The Morgan fingerprint density at radius 1 is 1.44 bits per heavy atom. The number of ether oxygens (including phenoxy) is 1. The van der Waals surface area contributed by atoms with Crippen LogP contribution in [0.15, 0.2) is 22.0 Å². The summed E-state index contributed by atoms with van der Waals surface area (Å²) in [4.78, 5) is 9.85. The standard InChI is InChI=1S/C12H14BrN3OS/c1-3-17-11-6-8(2)15-12(16-11)14-7-10-9(13)4-5-18-10/h4-6H,3,7H2,1-2H3,(H,14,15,16). The van der Waals surface area contributed by atoms with Gasteiger partial charge in [-0.1, -0.05) is 0 Å². The van der Waals surface area contributed by atoms with Gasteiger partial charge < -0.3 is 10.1 Å². The van der Waals surface area contributed by atoms with Gasteiger partial charge in [-0.2, -0.15) is 4.98 Å². The third kappa shape index (κ3) is 3.43. The van der Waals surface area contributed by atoms with Crippen molar-refractivity contribution in [1.82, 2.24) is 9.97 Å². The Morgan fingerprint density at radius 3 is 2.94 bits per heavy atom. The van der Waals surface area contributed by atoms with Gasteiger partial charge >= 0.3 is 0 Å². The number of anilines is 1. The first-order valence-corrected chi connectivity index (χ1v) is 7.30. The Balaban J connectivity index is 2.07. The maximum Gasteiger partial charge on any atom is 0.226 e. The summed E-state index contributed by atoms with van der Waals surface area (Å²) in [7, 11) is 0. The molecule has 0 aliphatic heterocycles. The lowest BCUT2D eigenvalue weighted by Crippen LogP contribution is -2.05. The molecule has 1 N–H and O–H groups in total. The van der Waals surface area contributed by atoms with E-state index in [1.54, 1.807) is 11.3 Å². The Morgan fingerprint density at radius 2 is 2.28 bits per heavy atom. The van der Waals surface area contributed by atoms with Crippen molar-refractivity contribution >= 4 is 33.2 Å². The second-order valence-electron chi connectivity index (χ2n) is 3.65.